The Morgan fingerprint density at radius 2 is 2.05 bits per heavy atom. The zero-order valence-electron chi connectivity index (χ0n) is 12.1. The Balaban J connectivity index is 1.67. The first kappa shape index (κ1) is 13.3. The molecule has 1 amide bonds. The van der Waals surface area contributed by atoms with Crippen LogP contribution in [-0.2, 0) is 4.79 Å². The number of piperazine rings is 1. The molecule has 5 nitrogen and oxygen atoms in total. The van der Waals surface area contributed by atoms with Gasteiger partial charge in [0, 0.05) is 51.4 Å². The van der Waals surface area contributed by atoms with Gasteiger partial charge >= 0.3 is 0 Å². The maximum atomic E-state index is 12.0. The molecule has 3 unspecified atom stereocenters. The van der Waals surface area contributed by atoms with Gasteiger partial charge in [0.1, 0.15) is 6.04 Å². The van der Waals surface area contributed by atoms with Gasteiger partial charge in [0.05, 0.1) is 0 Å². The van der Waals surface area contributed by atoms with Crippen molar-refractivity contribution >= 4 is 5.91 Å². The van der Waals surface area contributed by atoms with Gasteiger partial charge in [-0.3, -0.25) is 14.6 Å². The lowest BCUT2D eigenvalue weighted by atomic mass is 10.1. The topological polar surface area (TPSA) is 47.6 Å². The molecule has 19 heavy (non-hydrogen) atoms. The highest BCUT2D eigenvalue weighted by Gasteiger charge is 2.43. The molecule has 108 valence electrons. The van der Waals surface area contributed by atoms with Gasteiger partial charge in [-0.2, -0.15) is 0 Å². The number of hydrogen-bond acceptors (Lipinski definition) is 4. The number of carbonyl (C=O) groups excluding carboxylic acids is 1. The smallest absolute Gasteiger partial charge is 0.238 e. The van der Waals surface area contributed by atoms with E-state index < -0.39 is 0 Å². The first-order chi connectivity index (χ1) is 9.20. The lowest BCUT2D eigenvalue weighted by Gasteiger charge is -2.39. The summed E-state index contributed by atoms with van der Waals surface area (Å²) in [6.45, 7) is 6.28. The van der Waals surface area contributed by atoms with Crippen molar-refractivity contribution in [2.45, 2.75) is 50.4 Å². The van der Waals surface area contributed by atoms with Gasteiger partial charge in [0.25, 0.3) is 0 Å². The van der Waals surface area contributed by atoms with Gasteiger partial charge in [0.15, 0.2) is 0 Å². The van der Waals surface area contributed by atoms with Crippen molar-refractivity contribution in [1.29, 1.82) is 0 Å². The first-order valence-corrected chi connectivity index (χ1v) is 7.64. The predicted octanol–water partition coefficient (Wildman–Crippen LogP) is -0.369. The molecule has 2 N–H and O–H groups in total. The number of amides is 1. The number of hydrogen-bond donors (Lipinski definition) is 2. The fourth-order valence-corrected chi connectivity index (χ4v) is 3.75. The Bertz CT molecular complexity index is 344. The summed E-state index contributed by atoms with van der Waals surface area (Å²) in [6, 6.07) is 2.08. The minimum absolute atomic E-state index is 0.00935. The SMILES string of the molecule is CNC(=O)C1CNCCN1C1CC(C)N(C2CC2)C1. The lowest BCUT2D eigenvalue weighted by molar-refractivity contribution is -0.127. The van der Waals surface area contributed by atoms with Crippen molar-refractivity contribution in [1.82, 2.24) is 20.4 Å². The summed E-state index contributed by atoms with van der Waals surface area (Å²) < 4.78 is 0. The van der Waals surface area contributed by atoms with Crippen LogP contribution < -0.4 is 10.6 Å². The van der Waals surface area contributed by atoms with Gasteiger partial charge in [-0.1, -0.05) is 0 Å². The van der Waals surface area contributed by atoms with Crippen molar-refractivity contribution in [3.05, 3.63) is 0 Å². The van der Waals surface area contributed by atoms with Crippen LogP contribution >= 0.6 is 0 Å². The van der Waals surface area contributed by atoms with Crippen LogP contribution in [0.5, 0.6) is 0 Å². The highest BCUT2D eigenvalue weighted by atomic mass is 16.2. The summed E-state index contributed by atoms with van der Waals surface area (Å²) in [5.74, 6) is 0.157. The minimum Gasteiger partial charge on any atom is -0.358 e. The Hall–Kier alpha value is -0.650. The largest absolute Gasteiger partial charge is 0.358 e. The van der Waals surface area contributed by atoms with Crippen molar-refractivity contribution in [3.63, 3.8) is 0 Å². The Labute approximate surface area is 115 Å². The van der Waals surface area contributed by atoms with E-state index in [1.807, 2.05) is 0 Å². The summed E-state index contributed by atoms with van der Waals surface area (Å²) in [7, 11) is 1.74. The molecular weight excluding hydrogens is 240 g/mol. The molecule has 3 rings (SSSR count). The van der Waals surface area contributed by atoms with Crippen LogP contribution in [0.15, 0.2) is 0 Å². The molecule has 3 aliphatic rings. The van der Waals surface area contributed by atoms with Crippen molar-refractivity contribution in [2.24, 2.45) is 0 Å². The molecule has 3 fully saturated rings. The maximum Gasteiger partial charge on any atom is 0.238 e. The molecule has 0 aromatic rings. The maximum absolute atomic E-state index is 12.0. The second kappa shape index (κ2) is 5.38. The molecule has 0 aromatic carbocycles. The minimum atomic E-state index is 0.00935. The standard InChI is InChI=1S/C14H26N4O/c1-10-7-12(9-18(10)11-3-4-11)17-6-5-16-8-13(17)14(19)15-2/h10-13,16H,3-9H2,1-2H3,(H,15,19). The van der Waals surface area contributed by atoms with Crippen LogP contribution in [0.25, 0.3) is 0 Å². The third-order valence-corrected chi connectivity index (χ3v) is 4.92. The molecule has 2 heterocycles. The second-order valence-electron chi connectivity index (χ2n) is 6.24. The fourth-order valence-electron chi connectivity index (χ4n) is 3.75. The molecule has 2 saturated heterocycles. The molecule has 5 heteroatoms. The van der Waals surface area contributed by atoms with E-state index in [1.165, 1.54) is 19.3 Å². The molecule has 3 atom stereocenters. The Kier molecular flexibility index (Phi) is 3.78. The molecule has 2 aliphatic heterocycles. The highest BCUT2D eigenvalue weighted by molar-refractivity contribution is 5.81. The van der Waals surface area contributed by atoms with E-state index in [4.69, 9.17) is 0 Å². The first-order valence-electron chi connectivity index (χ1n) is 7.64. The van der Waals surface area contributed by atoms with E-state index in [9.17, 15) is 4.79 Å². The number of rotatable bonds is 3. The third-order valence-electron chi connectivity index (χ3n) is 4.92. The summed E-state index contributed by atoms with van der Waals surface area (Å²) in [5.41, 5.74) is 0. The van der Waals surface area contributed by atoms with E-state index in [0.29, 0.717) is 12.1 Å². The fraction of sp³-hybridized carbons (Fsp3) is 0.929. The third kappa shape index (κ3) is 2.64. The molecule has 1 saturated carbocycles. The van der Waals surface area contributed by atoms with Crippen LogP contribution in [-0.4, -0.2) is 73.1 Å². The number of carbonyl (C=O) groups is 1. The van der Waals surface area contributed by atoms with Crippen molar-refractivity contribution in [3.8, 4) is 0 Å². The molecule has 1 aliphatic carbocycles. The number of likely N-dealkylation sites (N-methyl/N-ethyl adjacent to an activating group) is 1. The Morgan fingerprint density at radius 3 is 2.74 bits per heavy atom. The molecule has 0 bridgehead atoms. The molecule has 0 radical (unpaired) electrons. The van der Waals surface area contributed by atoms with Crippen LogP contribution in [0.4, 0.5) is 0 Å². The average molecular weight is 266 g/mol. The highest BCUT2D eigenvalue weighted by Crippen LogP contribution is 2.35. The summed E-state index contributed by atoms with van der Waals surface area (Å²) in [4.78, 5) is 17.1. The quantitative estimate of drug-likeness (QED) is 0.732. The predicted molar refractivity (Wildman–Crippen MR) is 75.0 cm³/mol. The van der Waals surface area contributed by atoms with E-state index in [2.05, 4.69) is 27.4 Å². The summed E-state index contributed by atoms with van der Waals surface area (Å²) in [6.07, 6.45) is 3.96. The number of nitrogens with one attached hydrogen (secondary N) is 2. The van der Waals surface area contributed by atoms with Crippen LogP contribution in [0, 0.1) is 0 Å². The zero-order chi connectivity index (χ0) is 13.4. The van der Waals surface area contributed by atoms with Crippen LogP contribution in [0.2, 0.25) is 0 Å². The molecular formula is C14H26N4O. The second-order valence-corrected chi connectivity index (χ2v) is 6.24. The zero-order valence-corrected chi connectivity index (χ0v) is 12.1. The van der Waals surface area contributed by atoms with E-state index >= 15 is 0 Å². The van der Waals surface area contributed by atoms with Gasteiger partial charge < -0.3 is 10.6 Å². The van der Waals surface area contributed by atoms with E-state index in [-0.39, 0.29) is 11.9 Å². The monoisotopic (exact) mass is 266 g/mol. The number of nitrogens with zero attached hydrogens (tertiary/aromatic N) is 2. The van der Waals surface area contributed by atoms with Crippen molar-refractivity contribution < 1.29 is 4.79 Å². The molecule has 0 spiro atoms. The lowest BCUT2D eigenvalue weighted by Crippen LogP contribution is -2.60. The van der Waals surface area contributed by atoms with Crippen LogP contribution in [0.3, 0.4) is 0 Å². The van der Waals surface area contributed by atoms with Crippen LogP contribution in [0.1, 0.15) is 26.2 Å². The van der Waals surface area contributed by atoms with Gasteiger partial charge in [0.2, 0.25) is 5.91 Å². The van der Waals surface area contributed by atoms with E-state index in [1.54, 1.807) is 7.05 Å². The normalized spacial score (nSPS) is 37.5. The molecule has 0 aromatic heterocycles. The van der Waals surface area contributed by atoms with E-state index in [0.717, 1.165) is 32.2 Å². The van der Waals surface area contributed by atoms with Gasteiger partial charge in [-0.15, -0.1) is 0 Å². The Morgan fingerprint density at radius 1 is 1.26 bits per heavy atom. The van der Waals surface area contributed by atoms with Crippen molar-refractivity contribution in [2.75, 3.05) is 33.2 Å². The number of likely N-dealkylation sites (tertiary alicyclic amines) is 1. The summed E-state index contributed by atoms with van der Waals surface area (Å²) >= 11 is 0. The average Bonchev–Trinajstić information content (AvgIpc) is 3.21. The summed E-state index contributed by atoms with van der Waals surface area (Å²) in [5, 5.41) is 6.16. The van der Waals surface area contributed by atoms with Gasteiger partial charge in [-0.25, -0.2) is 0 Å². The van der Waals surface area contributed by atoms with Gasteiger partial charge in [-0.05, 0) is 26.2 Å².